The molecular weight excluding hydrogens is 299 g/mol. The molecule has 1 aliphatic rings. The van der Waals surface area contributed by atoms with Gasteiger partial charge in [-0.3, -0.25) is 9.69 Å². The second-order valence-electron chi connectivity index (χ2n) is 5.58. The lowest BCUT2D eigenvalue weighted by Gasteiger charge is -2.18. The van der Waals surface area contributed by atoms with Crippen molar-refractivity contribution in [3.8, 4) is 0 Å². The number of benzene rings is 1. The molecule has 1 saturated heterocycles. The Morgan fingerprint density at radius 3 is 2.73 bits per heavy atom. The average Bonchev–Trinajstić information content (AvgIpc) is 3.03. The zero-order chi connectivity index (χ0) is 15.9. The van der Waals surface area contributed by atoms with Gasteiger partial charge < -0.3 is 9.52 Å². The van der Waals surface area contributed by atoms with Crippen molar-refractivity contribution in [1.29, 1.82) is 0 Å². The Morgan fingerprint density at radius 1 is 1.32 bits per heavy atom. The van der Waals surface area contributed by atoms with Crippen LogP contribution >= 0.6 is 0 Å². The SMILES string of the molecule is O=C(O)[C@@H]1CN(Cc2ccc3occc3c2)C[C@H]1C(F)(F)F. The second kappa shape index (κ2) is 5.31. The van der Waals surface area contributed by atoms with Crippen LogP contribution in [0.2, 0.25) is 0 Å². The number of fused-ring (bicyclic) bond motifs is 1. The molecule has 0 bridgehead atoms. The summed E-state index contributed by atoms with van der Waals surface area (Å²) in [6.45, 7) is -0.0930. The lowest BCUT2D eigenvalue weighted by Crippen LogP contribution is -2.33. The van der Waals surface area contributed by atoms with Crippen LogP contribution in [0.4, 0.5) is 13.2 Å². The molecule has 1 aliphatic heterocycles. The Labute approximate surface area is 124 Å². The molecule has 3 rings (SSSR count). The highest BCUT2D eigenvalue weighted by molar-refractivity contribution is 5.77. The van der Waals surface area contributed by atoms with Crippen LogP contribution in [0, 0.1) is 11.8 Å². The van der Waals surface area contributed by atoms with Crippen molar-refractivity contribution in [3.63, 3.8) is 0 Å². The Morgan fingerprint density at radius 2 is 2.09 bits per heavy atom. The van der Waals surface area contributed by atoms with E-state index in [0.29, 0.717) is 5.58 Å². The van der Waals surface area contributed by atoms with Crippen LogP contribution in [0.1, 0.15) is 5.56 Å². The minimum absolute atomic E-state index is 0.0943. The van der Waals surface area contributed by atoms with E-state index in [-0.39, 0.29) is 19.6 Å². The van der Waals surface area contributed by atoms with Crippen molar-refractivity contribution in [2.24, 2.45) is 11.8 Å². The van der Waals surface area contributed by atoms with Crippen LogP contribution in [0.5, 0.6) is 0 Å². The summed E-state index contributed by atoms with van der Waals surface area (Å²) in [5.41, 5.74) is 1.54. The highest BCUT2D eigenvalue weighted by atomic mass is 19.4. The molecule has 0 amide bonds. The van der Waals surface area contributed by atoms with E-state index in [1.807, 2.05) is 6.07 Å². The van der Waals surface area contributed by atoms with E-state index in [0.717, 1.165) is 10.9 Å². The fourth-order valence-corrected chi connectivity index (χ4v) is 2.97. The first-order valence-electron chi connectivity index (χ1n) is 6.82. The van der Waals surface area contributed by atoms with Gasteiger partial charge in [-0.1, -0.05) is 6.07 Å². The topological polar surface area (TPSA) is 53.7 Å². The van der Waals surface area contributed by atoms with E-state index in [4.69, 9.17) is 9.52 Å². The normalized spacial score (nSPS) is 23.2. The first-order chi connectivity index (χ1) is 10.3. The summed E-state index contributed by atoms with van der Waals surface area (Å²) in [5, 5.41) is 9.88. The van der Waals surface area contributed by atoms with Gasteiger partial charge in [0.25, 0.3) is 0 Å². The largest absolute Gasteiger partial charge is 0.481 e. The number of carboxylic acid groups (broad SMARTS) is 1. The number of halogens is 3. The Kier molecular flexibility index (Phi) is 3.60. The third kappa shape index (κ3) is 2.81. The summed E-state index contributed by atoms with van der Waals surface area (Å²) in [5.74, 6) is -4.62. The number of rotatable bonds is 3. The van der Waals surface area contributed by atoms with Gasteiger partial charge in [-0.2, -0.15) is 13.2 Å². The van der Waals surface area contributed by atoms with E-state index >= 15 is 0 Å². The predicted molar refractivity (Wildman–Crippen MR) is 72.2 cm³/mol. The zero-order valence-corrected chi connectivity index (χ0v) is 11.5. The number of furan rings is 1. The number of likely N-dealkylation sites (tertiary alicyclic amines) is 1. The van der Waals surface area contributed by atoms with E-state index < -0.39 is 24.0 Å². The summed E-state index contributed by atoms with van der Waals surface area (Å²) in [4.78, 5) is 12.6. The molecule has 7 heteroatoms. The molecule has 1 N–H and O–H groups in total. The quantitative estimate of drug-likeness (QED) is 0.946. The molecule has 22 heavy (non-hydrogen) atoms. The molecule has 2 atom stereocenters. The van der Waals surface area contributed by atoms with E-state index in [1.54, 1.807) is 24.5 Å². The van der Waals surface area contributed by atoms with Crippen molar-refractivity contribution in [1.82, 2.24) is 4.90 Å². The minimum Gasteiger partial charge on any atom is -0.481 e. The number of nitrogens with zero attached hydrogens (tertiary/aromatic N) is 1. The third-order valence-electron chi connectivity index (χ3n) is 4.06. The summed E-state index contributed by atoms with van der Waals surface area (Å²) < 4.78 is 44.1. The molecule has 4 nitrogen and oxygen atoms in total. The lowest BCUT2D eigenvalue weighted by molar-refractivity contribution is -0.188. The monoisotopic (exact) mass is 313 g/mol. The summed E-state index contributed by atoms with van der Waals surface area (Å²) >= 11 is 0. The molecular formula is C15H14F3NO3. The van der Waals surface area contributed by atoms with Gasteiger partial charge in [-0.15, -0.1) is 0 Å². The van der Waals surface area contributed by atoms with Gasteiger partial charge in [-0.05, 0) is 23.8 Å². The first-order valence-corrected chi connectivity index (χ1v) is 6.82. The minimum atomic E-state index is -4.49. The van der Waals surface area contributed by atoms with Crippen LogP contribution in [0.3, 0.4) is 0 Å². The van der Waals surface area contributed by atoms with E-state index in [9.17, 15) is 18.0 Å². The summed E-state index contributed by atoms with van der Waals surface area (Å²) in [7, 11) is 0. The number of carboxylic acids is 1. The van der Waals surface area contributed by atoms with E-state index in [1.165, 1.54) is 4.90 Å². The van der Waals surface area contributed by atoms with Gasteiger partial charge in [0, 0.05) is 25.0 Å². The van der Waals surface area contributed by atoms with Crippen molar-refractivity contribution < 1.29 is 27.5 Å². The lowest BCUT2D eigenvalue weighted by atomic mass is 9.96. The van der Waals surface area contributed by atoms with Crippen molar-refractivity contribution in [3.05, 3.63) is 36.1 Å². The van der Waals surface area contributed by atoms with Gasteiger partial charge in [0.2, 0.25) is 0 Å². The molecule has 0 spiro atoms. The number of hydrogen-bond donors (Lipinski definition) is 1. The standard InChI is InChI=1S/C15H14F3NO3/c16-15(17,18)12-8-19(7-11(12)14(20)21)6-9-1-2-13-10(5-9)3-4-22-13/h1-5,11-12H,6-8H2,(H,20,21)/t11-,12-/m1/s1. The Balaban J connectivity index is 1.76. The molecule has 1 aromatic heterocycles. The van der Waals surface area contributed by atoms with Crippen molar-refractivity contribution in [2.45, 2.75) is 12.7 Å². The molecule has 0 unspecified atom stereocenters. The Hall–Kier alpha value is -2.02. The molecule has 0 radical (unpaired) electrons. The number of alkyl halides is 3. The second-order valence-corrected chi connectivity index (χ2v) is 5.58. The molecule has 1 aromatic carbocycles. The molecule has 0 aliphatic carbocycles. The van der Waals surface area contributed by atoms with Crippen LogP contribution < -0.4 is 0 Å². The maximum atomic E-state index is 12.9. The fraction of sp³-hybridized carbons (Fsp3) is 0.400. The summed E-state index contributed by atoms with van der Waals surface area (Å²) in [6, 6.07) is 7.16. The molecule has 0 saturated carbocycles. The maximum Gasteiger partial charge on any atom is 0.393 e. The Bertz CT molecular complexity index is 695. The van der Waals surface area contributed by atoms with Crippen LogP contribution in [-0.2, 0) is 11.3 Å². The highest BCUT2D eigenvalue weighted by Gasteiger charge is 2.52. The smallest absolute Gasteiger partial charge is 0.393 e. The van der Waals surface area contributed by atoms with Crippen LogP contribution in [0.25, 0.3) is 11.0 Å². The van der Waals surface area contributed by atoms with Gasteiger partial charge in [0.15, 0.2) is 0 Å². The fourth-order valence-electron chi connectivity index (χ4n) is 2.97. The maximum absolute atomic E-state index is 12.9. The van der Waals surface area contributed by atoms with Crippen molar-refractivity contribution in [2.75, 3.05) is 13.1 Å². The van der Waals surface area contributed by atoms with Crippen LogP contribution in [-0.4, -0.2) is 35.2 Å². The average molecular weight is 313 g/mol. The van der Waals surface area contributed by atoms with Gasteiger partial charge in [0.1, 0.15) is 5.58 Å². The van der Waals surface area contributed by atoms with Gasteiger partial charge in [-0.25, -0.2) is 0 Å². The highest BCUT2D eigenvalue weighted by Crippen LogP contribution is 2.38. The number of aliphatic carboxylic acids is 1. The van der Waals surface area contributed by atoms with Crippen molar-refractivity contribution >= 4 is 16.9 Å². The molecule has 1 fully saturated rings. The van der Waals surface area contributed by atoms with Gasteiger partial charge >= 0.3 is 12.1 Å². The molecule has 118 valence electrons. The zero-order valence-electron chi connectivity index (χ0n) is 11.5. The summed E-state index contributed by atoms with van der Waals surface area (Å²) in [6.07, 6.45) is -2.95. The number of hydrogen-bond acceptors (Lipinski definition) is 3. The van der Waals surface area contributed by atoms with Gasteiger partial charge in [0.05, 0.1) is 18.1 Å². The third-order valence-corrected chi connectivity index (χ3v) is 4.06. The molecule has 2 heterocycles. The first kappa shape index (κ1) is 14.9. The van der Waals surface area contributed by atoms with E-state index in [2.05, 4.69) is 0 Å². The van der Waals surface area contributed by atoms with Crippen LogP contribution in [0.15, 0.2) is 34.9 Å². The molecule has 2 aromatic rings. The number of carbonyl (C=O) groups is 1. The predicted octanol–water partition coefficient (Wildman–Crippen LogP) is 3.13.